The van der Waals surface area contributed by atoms with E-state index in [2.05, 4.69) is 6.92 Å². The molecule has 1 saturated heterocycles. The molecule has 96 valence electrons. The molecule has 1 aromatic heterocycles. The van der Waals surface area contributed by atoms with Gasteiger partial charge in [-0.15, -0.1) is 11.3 Å². The lowest BCUT2D eigenvalue weighted by atomic mass is 10.0. The Morgan fingerprint density at radius 2 is 2.12 bits per heavy atom. The Balaban J connectivity index is 2.18. The predicted molar refractivity (Wildman–Crippen MR) is 67.4 cm³/mol. The van der Waals surface area contributed by atoms with Gasteiger partial charge < -0.3 is 5.11 Å². The third-order valence-corrected chi connectivity index (χ3v) is 6.51. The van der Waals surface area contributed by atoms with Crippen LogP contribution in [0, 0.1) is 5.92 Å². The third kappa shape index (κ3) is 2.70. The van der Waals surface area contributed by atoms with Crippen LogP contribution in [0.2, 0.25) is 0 Å². The summed E-state index contributed by atoms with van der Waals surface area (Å²) in [7, 11) is -3.33. The largest absolute Gasteiger partial charge is 0.392 e. The summed E-state index contributed by atoms with van der Waals surface area (Å²) in [6.45, 7) is 3.26. The molecule has 0 aliphatic carbocycles. The highest BCUT2D eigenvalue weighted by atomic mass is 32.2. The second-order valence-corrected chi connectivity index (χ2v) is 7.59. The van der Waals surface area contributed by atoms with Gasteiger partial charge in [-0.25, -0.2) is 8.42 Å². The lowest BCUT2D eigenvalue weighted by Gasteiger charge is -2.28. The Morgan fingerprint density at radius 3 is 2.65 bits per heavy atom. The summed E-state index contributed by atoms with van der Waals surface area (Å²) in [5, 5.41) is 10.7. The number of rotatable bonds is 3. The highest BCUT2D eigenvalue weighted by molar-refractivity contribution is 7.91. The number of hydrogen-bond donors (Lipinski definition) is 1. The Labute approximate surface area is 106 Å². The lowest BCUT2D eigenvalue weighted by Crippen LogP contribution is -2.37. The van der Waals surface area contributed by atoms with Crippen molar-refractivity contribution in [3.05, 3.63) is 17.0 Å². The number of piperidine rings is 1. The first kappa shape index (κ1) is 13.0. The van der Waals surface area contributed by atoms with Crippen LogP contribution >= 0.6 is 11.3 Å². The molecule has 4 nitrogen and oxygen atoms in total. The molecule has 0 spiro atoms. The van der Waals surface area contributed by atoms with E-state index in [1.807, 2.05) is 0 Å². The van der Waals surface area contributed by atoms with Gasteiger partial charge in [-0.05, 0) is 35.8 Å². The van der Waals surface area contributed by atoms with Gasteiger partial charge in [0.05, 0.1) is 6.61 Å². The summed E-state index contributed by atoms with van der Waals surface area (Å²) < 4.78 is 26.5. The summed E-state index contributed by atoms with van der Waals surface area (Å²) in [6, 6.07) is 1.57. The summed E-state index contributed by atoms with van der Waals surface area (Å²) >= 11 is 1.19. The van der Waals surface area contributed by atoms with E-state index in [9.17, 15) is 8.42 Å². The third-order valence-electron chi connectivity index (χ3n) is 3.15. The molecule has 6 heteroatoms. The van der Waals surface area contributed by atoms with Gasteiger partial charge in [0.1, 0.15) is 4.21 Å². The zero-order chi connectivity index (χ0) is 12.5. The number of sulfonamides is 1. The van der Waals surface area contributed by atoms with Crippen LogP contribution in [-0.4, -0.2) is 30.9 Å². The first-order chi connectivity index (χ1) is 8.04. The topological polar surface area (TPSA) is 57.6 Å². The molecule has 1 N–H and O–H groups in total. The lowest BCUT2D eigenvalue weighted by molar-refractivity contribution is 0.282. The minimum atomic E-state index is -3.33. The van der Waals surface area contributed by atoms with Gasteiger partial charge in [-0.3, -0.25) is 0 Å². The van der Waals surface area contributed by atoms with Crippen LogP contribution < -0.4 is 0 Å². The molecule has 0 bridgehead atoms. The number of aliphatic hydroxyl groups is 1. The molecule has 0 radical (unpaired) electrons. The molecule has 1 aliphatic heterocycles. The maximum Gasteiger partial charge on any atom is 0.252 e. The van der Waals surface area contributed by atoms with E-state index in [4.69, 9.17) is 5.11 Å². The molecule has 2 heterocycles. The van der Waals surface area contributed by atoms with Crippen LogP contribution in [0.1, 0.15) is 25.3 Å². The number of hydrogen-bond acceptors (Lipinski definition) is 4. The molecule has 1 fully saturated rings. The normalized spacial score (nSPS) is 19.6. The highest BCUT2D eigenvalue weighted by Gasteiger charge is 2.29. The van der Waals surface area contributed by atoms with Crippen molar-refractivity contribution in [2.24, 2.45) is 5.92 Å². The van der Waals surface area contributed by atoms with Crippen LogP contribution in [0.4, 0.5) is 0 Å². The maximum atomic E-state index is 12.3. The van der Waals surface area contributed by atoms with E-state index in [-0.39, 0.29) is 6.61 Å². The Bertz CT molecular complexity index is 473. The number of aliphatic hydroxyl groups excluding tert-OH is 1. The summed E-state index contributed by atoms with van der Waals surface area (Å²) in [4.78, 5) is 0. The number of nitrogens with zero attached hydrogens (tertiary/aromatic N) is 1. The second kappa shape index (κ2) is 5.06. The summed E-state index contributed by atoms with van der Waals surface area (Å²) in [6.07, 6.45) is 1.86. The zero-order valence-corrected chi connectivity index (χ0v) is 11.4. The van der Waals surface area contributed by atoms with Crippen LogP contribution in [0.15, 0.2) is 15.7 Å². The summed E-state index contributed by atoms with van der Waals surface area (Å²) in [5.74, 6) is 0.609. The van der Waals surface area contributed by atoms with E-state index in [0.29, 0.717) is 28.8 Å². The average Bonchev–Trinajstić information content (AvgIpc) is 2.78. The Hall–Kier alpha value is -0.430. The van der Waals surface area contributed by atoms with Crippen LogP contribution in [0.5, 0.6) is 0 Å². The molecular weight excluding hydrogens is 258 g/mol. The van der Waals surface area contributed by atoms with Gasteiger partial charge in [-0.2, -0.15) is 4.31 Å². The highest BCUT2D eigenvalue weighted by Crippen LogP contribution is 2.27. The van der Waals surface area contributed by atoms with Crippen LogP contribution in [0.25, 0.3) is 0 Å². The van der Waals surface area contributed by atoms with E-state index in [0.717, 1.165) is 12.8 Å². The molecule has 0 atom stereocenters. The molecule has 1 aliphatic rings. The Kier molecular flexibility index (Phi) is 3.87. The molecule has 2 rings (SSSR count). The van der Waals surface area contributed by atoms with Crippen LogP contribution in [-0.2, 0) is 16.6 Å². The fourth-order valence-electron chi connectivity index (χ4n) is 1.92. The maximum absolute atomic E-state index is 12.3. The molecule has 1 aromatic rings. The minimum absolute atomic E-state index is 0.108. The number of thiophene rings is 1. The van der Waals surface area contributed by atoms with Gasteiger partial charge in [0, 0.05) is 13.1 Å². The van der Waals surface area contributed by atoms with Crippen molar-refractivity contribution in [3.63, 3.8) is 0 Å². The van der Waals surface area contributed by atoms with Gasteiger partial charge in [-0.1, -0.05) is 6.92 Å². The monoisotopic (exact) mass is 275 g/mol. The van der Waals surface area contributed by atoms with Crippen molar-refractivity contribution in [1.29, 1.82) is 0 Å². The quantitative estimate of drug-likeness (QED) is 0.912. The summed E-state index contributed by atoms with van der Waals surface area (Å²) in [5.41, 5.74) is 0.666. The molecule has 0 aromatic carbocycles. The van der Waals surface area contributed by atoms with E-state index in [1.54, 1.807) is 15.8 Å². The van der Waals surface area contributed by atoms with Crippen molar-refractivity contribution in [1.82, 2.24) is 4.31 Å². The van der Waals surface area contributed by atoms with Crippen molar-refractivity contribution < 1.29 is 13.5 Å². The van der Waals surface area contributed by atoms with Crippen molar-refractivity contribution in [3.8, 4) is 0 Å². The van der Waals surface area contributed by atoms with Gasteiger partial charge in [0.25, 0.3) is 10.0 Å². The van der Waals surface area contributed by atoms with Crippen LogP contribution in [0.3, 0.4) is 0 Å². The van der Waals surface area contributed by atoms with Gasteiger partial charge in [0.15, 0.2) is 0 Å². The molecule has 0 unspecified atom stereocenters. The average molecular weight is 275 g/mol. The second-order valence-electron chi connectivity index (χ2n) is 4.52. The minimum Gasteiger partial charge on any atom is -0.392 e. The standard InChI is InChI=1S/C11H17NO3S2/c1-9-2-4-12(5-3-9)17(14,15)11-6-10(7-13)8-16-11/h6,8-9,13H,2-5,7H2,1H3. The zero-order valence-electron chi connectivity index (χ0n) is 9.80. The Morgan fingerprint density at radius 1 is 1.47 bits per heavy atom. The smallest absolute Gasteiger partial charge is 0.252 e. The fraction of sp³-hybridized carbons (Fsp3) is 0.636. The molecule has 17 heavy (non-hydrogen) atoms. The SMILES string of the molecule is CC1CCN(S(=O)(=O)c2cc(CO)cs2)CC1. The fourth-order valence-corrected chi connectivity index (χ4v) is 4.75. The van der Waals surface area contributed by atoms with Gasteiger partial charge in [0.2, 0.25) is 0 Å². The molecule has 0 amide bonds. The molecular formula is C11H17NO3S2. The predicted octanol–water partition coefficient (Wildman–Crippen LogP) is 1.66. The van der Waals surface area contributed by atoms with Crippen molar-refractivity contribution in [2.45, 2.75) is 30.6 Å². The van der Waals surface area contributed by atoms with E-state index in [1.165, 1.54) is 11.3 Å². The first-order valence-corrected chi connectivity index (χ1v) is 8.04. The van der Waals surface area contributed by atoms with Crippen molar-refractivity contribution in [2.75, 3.05) is 13.1 Å². The van der Waals surface area contributed by atoms with Gasteiger partial charge >= 0.3 is 0 Å². The molecule has 0 saturated carbocycles. The van der Waals surface area contributed by atoms with E-state index >= 15 is 0 Å². The first-order valence-electron chi connectivity index (χ1n) is 5.72. The van der Waals surface area contributed by atoms with Crippen molar-refractivity contribution >= 4 is 21.4 Å². The van der Waals surface area contributed by atoms with E-state index < -0.39 is 10.0 Å².